The molecule has 3 saturated heterocycles. The summed E-state index contributed by atoms with van der Waals surface area (Å²) in [5, 5.41) is 0. The molecule has 3 aliphatic rings. The Hall–Kier alpha value is 0.440. The Morgan fingerprint density at radius 2 is 0.793 bits per heavy atom. The lowest BCUT2D eigenvalue weighted by Crippen LogP contribution is -3.00. The molecule has 0 saturated carbocycles. The van der Waals surface area contributed by atoms with E-state index in [9.17, 15) is 0 Å². The lowest BCUT2D eigenvalue weighted by atomic mass is 9.85. The van der Waals surface area contributed by atoms with Gasteiger partial charge in [0, 0.05) is 0 Å². The molecule has 3 rings (SSSR count). The van der Waals surface area contributed by atoms with Gasteiger partial charge < -0.3 is 21.5 Å². The molecule has 29 heavy (non-hydrogen) atoms. The van der Waals surface area contributed by atoms with Gasteiger partial charge in [-0.25, -0.2) is 0 Å². The third-order valence-electron chi connectivity index (χ3n) is 8.02. The van der Waals surface area contributed by atoms with Crippen LogP contribution in [0.15, 0.2) is 0 Å². The van der Waals surface area contributed by atoms with Crippen LogP contribution in [0.3, 0.4) is 0 Å². The fraction of sp³-hybridized carbons (Fsp3) is 1.00. The summed E-state index contributed by atoms with van der Waals surface area (Å²) >= 11 is 0. The van der Waals surface area contributed by atoms with E-state index >= 15 is 0 Å². The molecule has 3 fully saturated rings. The fourth-order valence-electron chi connectivity index (χ4n) is 5.82. The van der Waals surface area contributed by atoms with Crippen molar-refractivity contribution in [3.05, 3.63) is 0 Å². The lowest BCUT2D eigenvalue weighted by molar-refractivity contribution is -0.942. The summed E-state index contributed by atoms with van der Waals surface area (Å²) in [5.41, 5.74) is 0. The zero-order valence-electron chi connectivity index (χ0n) is 20.1. The predicted molar refractivity (Wildman–Crippen MR) is 126 cm³/mol. The number of nitrogens with zero attached hydrogens (tertiary/aromatic N) is 1. The van der Waals surface area contributed by atoms with Crippen LogP contribution in [0.5, 0.6) is 0 Å². The van der Waals surface area contributed by atoms with Gasteiger partial charge in [-0.2, -0.15) is 0 Å². The van der Waals surface area contributed by atoms with Gasteiger partial charge >= 0.3 is 0 Å². The first-order valence-electron chi connectivity index (χ1n) is 13.7. The lowest BCUT2D eigenvalue weighted by Gasteiger charge is -2.49. The molecular formula is C27H54BrN. The van der Waals surface area contributed by atoms with Crippen molar-refractivity contribution in [2.24, 2.45) is 5.92 Å². The molecule has 0 unspecified atom stereocenters. The molecule has 0 aromatic carbocycles. The Morgan fingerprint density at radius 1 is 0.483 bits per heavy atom. The highest BCUT2D eigenvalue weighted by atomic mass is 79.9. The minimum atomic E-state index is 0. The quantitative estimate of drug-likeness (QED) is 0.168. The second-order valence-electron chi connectivity index (χ2n) is 10.5. The van der Waals surface area contributed by atoms with Gasteiger partial charge in [0.2, 0.25) is 0 Å². The largest absolute Gasteiger partial charge is 1.00 e. The molecule has 0 aliphatic carbocycles. The monoisotopic (exact) mass is 471 g/mol. The van der Waals surface area contributed by atoms with E-state index in [-0.39, 0.29) is 17.0 Å². The van der Waals surface area contributed by atoms with Crippen LogP contribution in [-0.4, -0.2) is 30.7 Å². The van der Waals surface area contributed by atoms with E-state index < -0.39 is 0 Å². The van der Waals surface area contributed by atoms with Crippen LogP contribution in [0.25, 0.3) is 0 Å². The first kappa shape index (κ1) is 27.5. The van der Waals surface area contributed by atoms with Gasteiger partial charge in [0.1, 0.15) is 0 Å². The summed E-state index contributed by atoms with van der Waals surface area (Å²) in [6.45, 7) is 8.36. The average molecular weight is 473 g/mol. The SMILES string of the molecule is CCCCCCCCCCCCCCCCCCCC[N+]12CCC(CC1)CC2.[Br-]. The van der Waals surface area contributed by atoms with Gasteiger partial charge in [0.05, 0.1) is 26.2 Å². The second kappa shape index (κ2) is 18.1. The maximum atomic E-state index is 2.31. The van der Waals surface area contributed by atoms with Gasteiger partial charge in [-0.1, -0.05) is 110 Å². The number of hydrogen-bond acceptors (Lipinski definition) is 0. The summed E-state index contributed by atoms with van der Waals surface area (Å²) in [5.74, 6) is 1.11. The van der Waals surface area contributed by atoms with E-state index in [1.165, 1.54) is 146 Å². The van der Waals surface area contributed by atoms with Crippen molar-refractivity contribution in [2.75, 3.05) is 26.2 Å². The molecule has 3 aliphatic heterocycles. The van der Waals surface area contributed by atoms with Crippen molar-refractivity contribution in [3.8, 4) is 0 Å². The molecule has 0 N–H and O–H groups in total. The number of fused-ring (bicyclic) bond motifs is 3. The van der Waals surface area contributed by atoms with Crippen molar-refractivity contribution < 1.29 is 21.5 Å². The minimum Gasteiger partial charge on any atom is -1.00 e. The molecule has 1 nitrogen and oxygen atoms in total. The third kappa shape index (κ3) is 12.8. The maximum absolute atomic E-state index is 2.31. The Balaban J connectivity index is 0.00000420. The minimum absolute atomic E-state index is 0. The van der Waals surface area contributed by atoms with Crippen molar-refractivity contribution in [3.63, 3.8) is 0 Å². The first-order chi connectivity index (χ1) is 13.8. The van der Waals surface area contributed by atoms with E-state index in [1.54, 1.807) is 19.3 Å². The number of piperidine rings is 3. The molecule has 174 valence electrons. The third-order valence-corrected chi connectivity index (χ3v) is 8.02. The van der Waals surface area contributed by atoms with Crippen LogP contribution in [-0.2, 0) is 0 Å². The Morgan fingerprint density at radius 3 is 1.14 bits per heavy atom. The van der Waals surface area contributed by atoms with E-state index in [0.717, 1.165) is 5.92 Å². The van der Waals surface area contributed by atoms with Crippen molar-refractivity contribution in [2.45, 2.75) is 142 Å². The smallest absolute Gasteiger partial charge is 0.0789 e. The maximum Gasteiger partial charge on any atom is 0.0789 e. The van der Waals surface area contributed by atoms with Crippen molar-refractivity contribution in [1.29, 1.82) is 0 Å². The molecular weight excluding hydrogens is 418 g/mol. The standard InChI is InChI=1S/C27H54N.BrH/c1-2-3-4-5-6-7-8-9-10-11-12-13-14-15-16-17-18-19-23-28-24-20-27(21-25-28)22-26-28;/h27H,2-26H2,1H3;1H/q+1;/p-1. The first-order valence-corrected chi connectivity index (χ1v) is 13.7. The molecule has 3 heterocycles. The highest BCUT2D eigenvalue weighted by Crippen LogP contribution is 2.33. The Bertz CT molecular complexity index is 335. The summed E-state index contributed by atoms with van der Waals surface area (Å²) in [6.07, 6.45) is 31.3. The molecule has 0 aromatic rings. The van der Waals surface area contributed by atoms with Crippen LogP contribution >= 0.6 is 0 Å². The molecule has 0 aromatic heterocycles. The van der Waals surface area contributed by atoms with Crippen LogP contribution < -0.4 is 17.0 Å². The normalized spacial score (nSPS) is 23.3. The number of rotatable bonds is 19. The van der Waals surface area contributed by atoms with Gasteiger partial charge in [-0.15, -0.1) is 0 Å². The van der Waals surface area contributed by atoms with Gasteiger partial charge in [0.15, 0.2) is 0 Å². The molecule has 0 spiro atoms. The number of unbranched alkanes of at least 4 members (excludes halogenated alkanes) is 17. The molecule has 0 atom stereocenters. The van der Waals surface area contributed by atoms with E-state index in [2.05, 4.69) is 6.92 Å². The van der Waals surface area contributed by atoms with Gasteiger partial charge in [-0.3, -0.25) is 0 Å². The number of halogens is 1. The highest BCUT2D eigenvalue weighted by molar-refractivity contribution is 4.71. The zero-order valence-corrected chi connectivity index (χ0v) is 21.7. The molecule has 0 radical (unpaired) electrons. The Labute approximate surface area is 195 Å². The van der Waals surface area contributed by atoms with Crippen LogP contribution in [0, 0.1) is 5.92 Å². The van der Waals surface area contributed by atoms with E-state index in [4.69, 9.17) is 0 Å². The van der Waals surface area contributed by atoms with E-state index in [0.29, 0.717) is 0 Å². The summed E-state index contributed by atoms with van der Waals surface area (Å²) in [7, 11) is 0. The Kier molecular flexibility index (Phi) is 17.1. The van der Waals surface area contributed by atoms with Crippen LogP contribution in [0.4, 0.5) is 0 Å². The van der Waals surface area contributed by atoms with Crippen molar-refractivity contribution >= 4 is 0 Å². The van der Waals surface area contributed by atoms with E-state index in [1.807, 2.05) is 0 Å². The number of quaternary nitrogens is 1. The van der Waals surface area contributed by atoms with Crippen LogP contribution in [0.1, 0.15) is 142 Å². The zero-order chi connectivity index (χ0) is 19.8. The average Bonchev–Trinajstić information content (AvgIpc) is 2.74. The van der Waals surface area contributed by atoms with Gasteiger partial charge in [0.25, 0.3) is 0 Å². The summed E-state index contributed by atoms with van der Waals surface area (Å²) < 4.78 is 1.51. The highest BCUT2D eigenvalue weighted by Gasteiger charge is 2.38. The van der Waals surface area contributed by atoms with Gasteiger partial charge in [-0.05, 0) is 38.0 Å². The summed E-state index contributed by atoms with van der Waals surface area (Å²) in [4.78, 5) is 0. The topological polar surface area (TPSA) is 0 Å². The number of hydrogen-bond donors (Lipinski definition) is 0. The second-order valence-corrected chi connectivity index (χ2v) is 10.5. The summed E-state index contributed by atoms with van der Waals surface area (Å²) in [6, 6.07) is 0. The molecule has 0 amide bonds. The van der Waals surface area contributed by atoms with Crippen molar-refractivity contribution in [1.82, 2.24) is 0 Å². The fourth-order valence-corrected chi connectivity index (χ4v) is 5.82. The molecule has 2 bridgehead atoms. The predicted octanol–water partition coefficient (Wildman–Crippen LogP) is 5.66. The molecule has 2 heteroatoms. The van der Waals surface area contributed by atoms with Crippen LogP contribution in [0.2, 0.25) is 0 Å².